The highest BCUT2D eigenvalue weighted by Crippen LogP contribution is 2.34. The van der Waals surface area contributed by atoms with Crippen LogP contribution in [-0.2, 0) is 6.42 Å². The van der Waals surface area contributed by atoms with Crippen molar-refractivity contribution in [3.63, 3.8) is 0 Å². The molecule has 0 spiro atoms. The van der Waals surface area contributed by atoms with Crippen LogP contribution in [0, 0.1) is 0 Å². The Bertz CT molecular complexity index is 1420. The topological polar surface area (TPSA) is 84.7 Å². The summed E-state index contributed by atoms with van der Waals surface area (Å²) in [5, 5.41) is 6.73. The van der Waals surface area contributed by atoms with Gasteiger partial charge in [0.2, 0.25) is 5.82 Å². The third kappa shape index (κ3) is 5.53. The lowest BCUT2D eigenvalue weighted by Gasteiger charge is -2.12. The summed E-state index contributed by atoms with van der Waals surface area (Å²) in [7, 11) is 0. The average molecular weight is 461 g/mol. The average Bonchev–Trinajstić information content (AvgIpc) is 3.42. The zero-order chi connectivity index (χ0) is 24.6. The van der Waals surface area contributed by atoms with Gasteiger partial charge in [-0.1, -0.05) is 111 Å². The van der Waals surface area contributed by atoms with E-state index >= 15 is 0 Å². The number of carbonyl (C=O) groups excluding carboxylic acids is 1. The number of primary amides is 1. The number of carbonyl (C=O) groups is 1. The van der Waals surface area contributed by atoms with E-state index in [1.807, 2.05) is 44.2 Å². The first kappa shape index (κ1) is 23.6. The Labute approximate surface area is 205 Å². The van der Waals surface area contributed by atoms with Crippen LogP contribution in [0.1, 0.15) is 35.6 Å². The minimum Gasteiger partial charge on any atom is -0.363 e. The number of nitrogens with zero attached hydrogens (tertiary/aromatic N) is 2. The summed E-state index contributed by atoms with van der Waals surface area (Å²) in [6, 6.07) is 35.5. The van der Waals surface area contributed by atoms with Crippen molar-refractivity contribution in [3.8, 4) is 33.6 Å². The molecule has 5 heteroatoms. The molecule has 0 bridgehead atoms. The third-order valence-electron chi connectivity index (χ3n) is 5.57. The van der Waals surface area contributed by atoms with Crippen LogP contribution in [0.15, 0.2) is 103 Å². The monoisotopic (exact) mass is 460 g/mol. The zero-order valence-electron chi connectivity index (χ0n) is 19.9. The summed E-state index contributed by atoms with van der Waals surface area (Å²) in [5.74, 6) is -0.148. The van der Waals surface area contributed by atoms with Crippen LogP contribution in [0.25, 0.3) is 33.6 Å². The first-order valence-corrected chi connectivity index (χ1v) is 11.7. The minimum absolute atomic E-state index is 0.0473. The molecule has 5 rings (SSSR count). The molecule has 0 aliphatic heterocycles. The zero-order valence-corrected chi connectivity index (χ0v) is 19.9. The first-order valence-electron chi connectivity index (χ1n) is 11.7. The third-order valence-corrected chi connectivity index (χ3v) is 5.57. The lowest BCUT2D eigenvalue weighted by molar-refractivity contribution is 0.0991. The van der Waals surface area contributed by atoms with Gasteiger partial charge < -0.3 is 5.73 Å². The molecule has 0 aliphatic carbocycles. The maximum absolute atomic E-state index is 11.4. The van der Waals surface area contributed by atoms with E-state index in [1.165, 1.54) is 16.7 Å². The molecule has 0 saturated carbocycles. The summed E-state index contributed by atoms with van der Waals surface area (Å²) in [5.41, 5.74) is 13.1. The van der Waals surface area contributed by atoms with Crippen LogP contribution in [-0.4, -0.2) is 21.1 Å². The van der Waals surface area contributed by atoms with Gasteiger partial charge in [-0.15, -0.1) is 0 Å². The highest BCUT2D eigenvalue weighted by molar-refractivity contribution is 5.89. The van der Waals surface area contributed by atoms with Crippen LogP contribution in [0.3, 0.4) is 0 Å². The van der Waals surface area contributed by atoms with Crippen molar-refractivity contribution in [2.75, 3.05) is 0 Å². The standard InChI is InChI=1S/C28H22N4O.C2H6/c29-26(33)28-30-27(31-32-28)23-13-7-12-22(18-23)25-15-5-4-14-24(25)21-11-6-10-20(17-21)16-19-8-2-1-3-9-19;1-2/h1-15,17-18H,16H2,(H2,29,33)(H,30,31,32);1-2H3. The van der Waals surface area contributed by atoms with Gasteiger partial charge in [-0.25, -0.2) is 4.98 Å². The van der Waals surface area contributed by atoms with Crippen molar-refractivity contribution < 1.29 is 4.79 Å². The summed E-state index contributed by atoms with van der Waals surface area (Å²) in [6.07, 6.45) is 0.888. The molecule has 1 amide bonds. The fourth-order valence-electron chi connectivity index (χ4n) is 3.99. The van der Waals surface area contributed by atoms with Gasteiger partial charge >= 0.3 is 0 Å². The summed E-state index contributed by atoms with van der Waals surface area (Å²) in [4.78, 5) is 15.6. The molecule has 0 aliphatic rings. The summed E-state index contributed by atoms with van der Waals surface area (Å²) in [6.45, 7) is 4.00. The van der Waals surface area contributed by atoms with E-state index < -0.39 is 5.91 Å². The van der Waals surface area contributed by atoms with Crippen molar-refractivity contribution in [2.45, 2.75) is 20.3 Å². The van der Waals surface area contributed by atoms with E-state index in [9.17, 15) is 4.79 Å². The van der Waals surface area contributed by atoms with Gasteiger partial charge in [0.1, 0.15) is 0 Å². The number of amides is 1. The fraction of sp³-hybridized carbons (Fsp3) is 0.100. The van der Waals surface area contributed by atoms with E-state index in [-0.39, 0.29) is 5.82 Å². The summed E-state index contributed by atoms with van der Waals surface area (Å²) < 4.78 is 0. The van der Waals surface area contributed by atoms with E-state index in [0.29, 0.717) is 5.82 Å². The normalized spacial score (nSPS) is 10.3. The molecule has 5 aromatic rings. The van der Waals surface area contributed by atoms with Crippen molar-refractivity contribution >= 4 is 5.91 Å². The first-order chi connectivity index (χ1) is 17.2. The molecule has 5 nitrogen and oxygen atoms in total. The van der Waals surface area contributed by atoms with Gasteiger partial charge in [0, 0.05) is 5.56 Å². The number of aromatic amines is 1. The van der Waals surface area contributed by atoms with E-state index in [2.05, 4.69) is 88.0 Å². The van der Waals surface area contributed by atoms with Gasteiger partial charge in [0.25, 0.3) is 5.91 Å². The number of nitrogens with two attached hydrogens (primary N) is 1. The van der Waals surface area contributed by atoms with Crippen LogP contribution >= 0.6 is 0 Å². The van der Waals surface area contributed by atoms with Crippen LogP contribution in [0.4, 0.5) is 0 Å². The molecule has 3 N–H and O–H groups in total. The Morgan fingerprint density at radius 3 is 1.94 bits per heavy atom. The molecule has 0 saturated heterocycles. The quantitative estimate of drug-likeness (QED) is 0.302. The highest BCUT2D eigenvalue weighted by Gasteiger charge is 2.12. The number of hydrogen-bond donors (Lipinski definition) is 2. The number of benzene rings is 4. The Morgan fingerprint density at radius 1 is 0.714 bits per heavy atom. The second kappa shape index (κ2) is 11.1. The fourth-order valence-corrected chi connectivity index (χ4v) is 3.99. The molecule has 0 unspecified atom stereocenters. The van der Waals surface area contributed by atoms with Crippen LogP contribution in [0.5, 0.6) is 0 Å². The number of hydrogen-bond acceptors (Lipinski definition) is 3. The molecule has 0 fully saturated rings. The molecule has 0 radical (unpaired) electrons. The second-order valence-corrected chi connectivity index (χ2v) is 7.86. The molecule has 1 aromatic heterocycles. The minimum atomic E-state index is -0.634. The maximum Gasteiger partial charge on any atom is 0.286 e. The van der Waals surface area contributed by atoms with Gasteiger partial charge in [-0.05, 0) is 45.9 Å². The number of rotatable bonds is 6. The molecule has 4 aromatic carbocycles. The van der Waals surface area contributed by atoms with Crippen molar-refractivity contribution in [1.82, 2.24) is 15.2 Å². The van der Waals surface area contributed by atoms with Gasteiger partial charge in [0.15, 0.2) is 5.82 Å². The molecular formula is C30H28N4O. The second-order valence-electron chi connectivity index (χ2n) is 7.86. The Morgan fingerprint density at radius 2 is 1.29 bits per heavy atom. The van der Waals surface area contributed by atoms with Gasteiger partial charge in [0.05, 0.1) is 0 Å². The maximum atomic E-state index is 11.4. The Hall–Kier alpha value is -4.51. The number of nitrogens with one attached hydrogen (secondary N) is 1. The molecule has 174 valence electrons. The van der Waals surface area contributed by atoms with Crippen LogP contribution < -0.4 is 5.73 Å². The molecule has 1 heterocycles. The smallest absolute Gasteiger partial charge is 0.286 e. The predicted molar refractivity (Wildman–Crippen MR) is 142 cm³/mol. The summed E-state index contributed by atoms with van der Waals surface area (Å²) >= 11 is 0. The van der Waals surface area contributed by atoms with Crippen molar-refractivity contribution in [1.29, 1.82) is 0 Å². The van der Waals surface area contributed by atoms with E-state index in [4.69, 9.17) is 5.73 Å². The lowest BCUT2D eigenvalue weighted by Crippen LogP contribution is -2.12. The van der Waals surface area contributed by atoms with E-state index in [1.54, 1.807) is 0 Å². The van der Waals surface area contributed by atoms with Crippen molar-refractivity contribution in [3.05, 3.63) is 120 Å². The Kier molecular flexibility index (Phi) is 7.48. The number of aromatic nitrogens is 3. The molecule has 0 atom stereocenters. The van der Waals surface area contributed by atoms with E-state index in [0.717, 1.165) is 28.7 Å². The highest BCUT2D eigenvalue weighted by atomic mass is 16.1. The molecule has 35 heavy (non-hydrogen) atoms. The Balaban J connectivity index is 0.00000141. The lowest BCUT2D eigenvalue weighted by atomic mass is 9.92. The van der Waals surface area contributed by atoms with Crippen molar-refractivity contribution in [2.24, 2.45) is 5.73 Å². The van der Waals surface area contributed by atoms with Crippen LogP contribution in [0.2, 0.25) is 0 Å². The van der Waals surface area contributed by atoms with Gasteiger partial charge in [-0.2, -0.15) is 5.10 Å². The molecular weight excluding hydrogens is 432 g/mol. The SMILES string of the molecule is CC.NC(=O)c1nc(-c2cccc(-c3ccccc3-c3cccc(Cc4ccccc4)c3)c2)n[nH]1. The largest absolute Gasteiger partial charge is 0.363 e. The number of H-pyrrole nitrogens is 1. The van der Waals surface area contributed by atoms with Gasteiger partial charge in [-0.3, -0.25) is 9.89 Å². The predicted octanol–water partition coefficient (Wildman–Crippen LogP) is 6.52.